The molecule has 0 fully saturated rings. The molecule has 0 saturated carbocycles. The van der Waals surface area contributed by atoms with Gasteiger partial charge >= 0.3 is 0 Å². The van der Waals surface area contributed by atoms with Gasteiger partial charge in [-0.15, -0.1) is 0 Å². The van der Waals surface area contributed by atoms with E-state index in [1.807, 2.05) is 34.8 Å². The first-order chi connectivity index (χ1) is 15.6. The zero-order valence-electron chi connectivity index (χ0n) is 17.7. The molecule has 3 aromatic heterocycles. The maximum absolute atomic E-state index is 13.0. The second kappa shape index (κ2) is 8.26. The van der Waals surface area contributed by atoms with Crippen LogP contribution >= 0.6 is 0 Å². The topological polar surface area (TPSA) is 109 Å². The van der Waals surface area contributed by atoms with Crippen molar-refractivity contribution in [1.82, 2.24) is 34.9 Å². The van der Waals surface area contributed by atoms with Crippen LogP contribution in [-0.2, 0) is 37.8 Å². The molecule has 1 aliphatic rings. The van der Waals surface area contributed by atoms with Crippen molar-refractivity contribution in [3.63, 3.8) is 0 Å². The van der Waals surface area contributed by atoms with Crippen LogP contribution in [0.4, 0.5) is 0 Å². The fraction of sp³-hybridized carbons (Fsp3) is 0.261. The van der Waals surface area contributed by atoms with Crippen molar-refractivity contribution in [2.75, 3.05) is 6.54 Å². The molecule has 9 nitrogen and oxygen atoms in total. The van der Waals surface area contributed by atoms with Crippen LogP contribution in [-0.4, -0.2) is 48.0 Å². The van der Waals surface area contributed by atoms with E-state index < -0.39 is 0 Å². The Balaban J connectivity index is 1.24. The van der Waals surface area contributed by atoms with Crippen molar-refractivity contribution in [2.24, 2.45) is 7.05 Å². The molecule has 0 unspecified atom stereocenters. The third-order valence-corrected chi connectivity index (χ3v) is 5.92. The number of hydrogen-bond acceptors (Lipinski definition) is 5. The van der Waals surface area contributed by atoms with Crippen molar-refractivity contribution in [3.05, 3.63) is 77.1 Å². The van der Waals surface area contributed by atoms with Crippen LogP contribution in [0.1, 0.15) is 32.7 Å². The van der Waals surface area contributed by atoms with Gasteiger partial charge in [-0.25, -0.2) is 9.97 Å². The smallest absolute Gasteiger partial charge is 0.251 e. The number of aryl methyl sites for hydroxylation is 1. The van der Waals surface area contributed by atoms with Gasteiger partial charge in [-0.1, -0.05) is 12.1 Å². The zero-order chi connectivity index (χ0) is 22.1. The van der Waals surface area contributed by atoms with E-state index in [9.17, 15) is 9.59 Å². The quantitative estimate of drug-likeness (QED) is 0.502. The van der Waals surface area contributed by atoms with Crippen LogP contribution in [0, 0.1) is 0 Å². The molecule has 162 valence electrons. The number of fused-ring (bicyclic) bond motifs is 3. The molecule has 5 rings (SSSR count). The summed E-state index contributed by atoms with van der Waals surface area (Å²) in [5.74, 6) is -0.141. The van der Waals surface area contributed by atoms with Gasteiger partial charge in [-0.3, -0.25) is 14.7 Å². The second-order valence-electron chi connectivity index (χ2n) is 8.02. The minimum atomic E-state index is -0.178. The molecule has 4 aromatic rings. The molecule has 1 aliphatic heterocycles. The predicted molar refractivity (Wildman–Crippen MR) is 118 cm³/mol. The average Bonchev–Trinajstić information content (AvgIpc) is 3.46. The summed E-state index contributed by atoms with van der Waals surface area (Å²) in [6, 6.07) is 7.23. The highest BCUT2D eigenvalue weighted by Crippen LogP contribution is 2.25. The molecule has 0 spiro atoms. The number of hydrogen-bond donors (Lipinski definition) is 2. The molecule has 1 aromatic carbocycles. The third-order valence-electron chi connectivity index (χ3n) is 5.92. The first kappa shape index (κ1) is 19.9. The first-order valence-electron chi connectivity index (χ1n) is 10.5. The summed E-state index contributed by atoms with van der Waals surface area (Å²) in [5.41, 5.74) is 5.31. The lowest BCUT2D eigenvalue weighted by molar-refractivity contribution is -0.131. The molecule has 0 atom stereocenters. The Bertz CT molecular complexity index is 1310. The Labute approximate surface area is 184 Å². The molecule has 0 bridgehead atoms. The monoisotopic (exact) mass is 429 g/mol. The van der Waals surface area contributed by atoms with Crippen LogP contribution in [0.3, 0.4) is 0 Å². The molecule has 32 heavy (non-hydrogen) atoms. The maximum Gasteiger partial charge on any atom is 0.251 e. The van der Waals surface area contributed by atoms with E-state index in [-0.39, 0.29) is 18.2 Å². The first-order valence-corrected chi connectivity index (χ1v) is 10.5. The van der Waals surface area contributed by atoms with Crippen LogP contribution in [0.2, 0.25) is 0 Å². The molecule has 2 N–H and O–H groups in total. The molecular weight excluding hydrogens is 406 g/mol. The van der Waals surface area contributed by atoms with E-state index >= 15 is 0 Å². The van der Waals surface area contributed by atoms with Crippen molar-refractivity contribution >= 4 is 22.8 Å². The number of aromatic amines is 1. The highest BCUT2D eigenvalue weighted by Gasteiger charge is 2.23. The predicted octanol–water partition coefficient (Wildman–Crippen LogP) is 1.75. The summed E-state index contributed by atoms with van der Waals surface area (Å²) < 4.78 is 1.86. The normalized spacial score (nSPS) is 13.2. The summed E-state index contributed by atoms with van der Waals surface area (Å²) in [6.07, 6.45) is 8.06. The van der Waals surface area contributed by atoms with Crippen LogP contribution < -0.4 is 5.32 Å². The van der Waals surface area contributed by atoms with Gasteiger partial charge in [0.1, 0.15) is 0 Å². The van der Waals surface area contributed by atoms with Crippen molar-refractivity contribution in [1.29, 1.82) is 0 Å². The number of rotatable bonds is 5. The maximum atomic E-state index is 13.0. The Morgan fingerprint density at radius 1 is 1.22 bits per heavy atom. The van der Waals surface area contributed by atoms with Gasteiger partial charge in [-0.05, 0) is 35.2 Å². The summed E-state index contributed by atoms with van der Waals surface area (Å²) >= 11 is 0. The van der Waals surface area contributed by atoms with Gasteiger partial charge < -0.3 is 14.8 Å². The number of nitrogens with one attached hydrogen (secondary N) is 2. The van der Waals surface area contributed by atoms with Crippen LogP contribution in [0.15, 0.2) is 49.2 Å². The number of pyridine rings is 1. The lowest BCUT2D eigenvalue weighted by Gasteiger charge is -2.29. The molecule has 0 saturated heterocycles. The van der Waals surface area contributed by atoms with E-state index in [1.54, 1.807) is 30.9 Å². The van der Waals surface area contributed by atoms with Gasteiger partial charge in [-0.2, -0.15) is 5.10 Å². The number of amides is 2. The zero-order valence-corrected chi connectivity index (χ0v) is 17.7. The van der Waals surface area contributed by atoms with Gasteiger partial charge in [0.25, 0.3) is 5.91 Å². The van der Waals surface area contributed by atoms with Crippen molar-refractivity contribution in [2.45, 2.75) is 25.9 Å². The van der Waals surface area contributed by atoms with Crippen molar-refractivity contribution in [3.8, 4) is 0 Å². The Morgan fingerprint density at radius 3 is 2.97 bits per heavy atom. The lowest BCUT2D eigenvalue weighted by atomic mass is 9.98. The number of aromatic nitrogens is 5. The number of imidazole rings is 1. The largest absolute Gasteiger partial charge is 0.346 e. The minimum absolute atomic E-state index is 0.0374. The van der Waals surface area contributed by atoms with Gasteiger partial charge in [0.05, 0.1) is 31.2 Å². The van der Waals surface area contributed by atoms with Gasteiger partial charge in [0, 0.05) is 43.5 Å². The average molecular weight is 429 g/mol. The van der Waals surface area contributed by atoms with E-state index in [4.69, 9.17) is 0 Å². The summed E-state index contributed by atoms with van der Waals surface area (Å²) in [4.78, 5) is 35.8. The Hall–Kier alpha value is -4.01. The second-order valence-corrected chi connectivity index (χ2v) is 8.02. The Kier molecular flexibility index (Phi) is 5.14. The fourth-order valence-electron chi connectivity index (χ4n) is 4.10. The molecular formula is C23H23N7O2. The Morgan fingerprint density at radius 2 is 2.12 bits per heavy atom. The van der Waals surface area contributed by atoms with Gasteiger partial charge in [0.2, 0.25) is 5.91 Å². The van der Waals surface area contributed by atoms with E-state index in [0.29, 0.717) is 25.2 Å². The summed E-state index contributed by atoms with van der Waals surface area (Å²) in [5, 5.41) is 10.9. The summed E-state index contributed by atoms with van der Waals surface area (Å²) in [7, 11) is 1.88. The number of nitrogens with zero attached hydrogens (tertiary/aromatic N) is 5. The molecule has 2 amide bonds. The number of H-pyrrole nitrogens is 1. The van der Waals surface area contributed by atoms with Gasteiger partial charge in [0.15, 0.2) is 5.65 Å². The summed E-state index contributed by atoms with van der Waals surface area (Å²) in [6.45, 7) is 1.58. The van der Waals surface area contributed by atoms with Crippen LogP contribution in [0.5, 0.6) is 0 Å². The van der Waals surface area contributed by atoms with E-state index in [2.05, 4.69) is 25.5 Å². The van der Waals surface area contributed by atoms with Crippen LogP contribution in [0.25, 0.3) is 11.0 Å². The number of carbonyl (C=O) groups is 2. The highest BCUT2D eigenvalue weighted by molar-refractivity contribution is 5.94. The third kappa shape index (κ3) is 3.84. The molecule has 9 heteroatoms. The van der Waals surface area contributed by atoms with E-state index in [1.165, 1.54) is 5.56 Å². The molecule has 4 heterocycles. The van der Waals surface area contributed by atoms with Crippen molar-refractivity contribution < 1.29 is 9.59 Å². The standard InChI is InChI=1S/C23H23N7O2/c1-29-14-24-10-18(29)11-26-23(32)16-4-2-3-15(7-16)8-21(31)30-6-5-19-17(13-30)9-25-22-20(19)12-27-28-22/h2-4,7,9-10,12,14H,5-6,8,11,13H2,1H3,(H,26,32)(H,25,27,28). The number of carbonyl (C=O) groups excluding carboxylic acids is 2. The lowest BCUT2D eigenvalue weighted by Crippen LogP contribution is -2.37. The van der Waals surface area contributed by atoms with E-state index in [0.717, 1.165) is 34.3 Å². The molecule has 0 aliphatic carbocycles. The molecule has 0 radical (unpaired) electrons. The fourth-order valence-corrected chi connectivity index (χ4v) is 4.10. The minimum Gasteiger partial charge on any atom is -0.346 e. The number of benzene rings is 1. The SMILES string of the molecule is Cn1cncc1CNC(=O)c1cccc(CC(=O)N2CCc3c(cnc4[nH]ncc34)C2)c1. The highest BCUT2D eigenvalue weighted by atomic mass is 16.2.